The van der Waals surface area contributed by atoms with Gasteiger partial charge >= 0.3 is 0 Å². The van der Waals surface area contributed by atoms with E-state index in [4.69, 9.17) is 0 Å². The standard InChI is InChI=1S/C37H30N2/c1-25-18-19-32-33(21-25)37(2,3)34-23-35(30-16-7-8-17-31(30)36(32)34)39(28-13-5-4-6-14-28)29-15-9-11-26(22-29)27-12-10-20-38-24-27/h4-24H,1-3H3. The molecule has 0 amide bonds. The molecule has 0 unspecified atom stereocenters. The molecule has 2 nitrogen and oxygen atoms in total. The number of anilines is 3. The third-order valence-corrected chi connectivity index (χ3v) is 8.17. The molecule has 0 atom stereocenters. The number of hydrogen-bond acceptors (Lipinski definition) is 2. The summed E-state index contributed by atoms with van der Waals surface area (Å²) in [7, 11) is 0. The Bertz CT molecular complexity index is 1840. The van der Waals surface area contributed by atoms with Gasteiger partial charge in [-0.05, 0) is 76.5 Å². The molecule has 0 bridgehead atoms. The first kappa shape index (κ1) is 23.4. The Labute approximate surface area is 230 Å². The van der Waals surface area contributed by atoms with Crippen LogP contribution < -0.4 is 4.90 Å². The summed E-state index contributed by atoms with van der Waals surface area (Å²) < 4.78 is 0. The van der Waals surface area contributed by atoms with Gasteiger partial charge in [0.15, 0.2) is 0 Å². The summed E-state index contributed by atoms with van der Waals surface area (Å²) in [4.78, 5) is 6.77. The number of pyridine rings is 1. The zero-order valence-electron chi connectivity index (χ0n) is 22.5. The van der Waals surface area contributed by atoms with E-state index in [0.29, 0.717) is 0 Å². The summed E-state index contributed by atoms with van der Waals surface area (Å²) in [6.45, 7) is 6.92. The van der Waals surface area contributed by atoms with E-state index in [9.17, 15) is 0 Å². The molecule has 2 heteroatoms. The molecule has 1 aromatic heterocycles. The summed E-state index contributed by atoms with van der Waals surface area (Å²) in [6, 6.07) is 41.9. The number of hydrogen-bond donors (Lipinski definition) is 0. The first-order chi connectivity index (χ1) is 19.0. The van der Waals surface area contributed by atoms with Crippen molar-refractivity contribution in [1.29, 1.82) is 0 Å². The maximum atomic E-state index is 4.36. The van der Waals surface area contributed by atoms with E-state index in [-0.39, 0.29) is 5.41 Å². The van der Waals surface area contributed by atoms with Crippen LogP contribution in [0.1, 0.15) is 30.5 Å². The fourth-order valence-corrected chi connectivity index (χ4v) is 6.22. The van der Waals surface area contributed by atoms with Crippen LogP contribution in [0.15, 0.2) is 128 Å². The minimum atomic E-state index is -0.102. The van der Waals surface area contributed by atoms with Crippen molar-refractivity contribution >= 4 is 27.8 Å². The lowest BCUT2D eigenvalue weighted by molar-refractivity contribution is 0.660. The van der Waals surface area contributed by atoms with E-state index in [1.54, 1.807) is 0 Å². The van der Waals surface area contributed by atoms with E-state index in [0.717, 1.165) is 22.5 Å². The molecule has 7 rings (SSSR count). The second-order valence-corrected chi connectivity index (χ2v) is 11.0. The largest absolute Gasteiger partial charge is 0.310 e. The lowest BCUT2D eigenvalue weighted by atomic mass is 9.81. The maximum absolute atomic E-state index is 4.36. The highest BCUT2D eigenvalue weighted by molar-refractivity contribution is 6.10. The minimum Gasteiger partial charge on any atom is -0.310 e. The summed E-state index contributed by atoms with van der Waals surface area (Å²) in [5.74, 6) is 0. The van der Waals surface area contributed by atoms with Crippen molar-refractivity contribution < 1.29 is 0 Å². The molecular formula is C37H30N2. The number of para-hydroxylation sites is 1. The highest BCUT2D eigenvalue weighted by Gasteiger charge is 2.37. The van der Waals surface area contributed by atoms with Crippen molar-refractivity contribution in [3.63, 3.8) is 0 Å². The topological polar surface area (TPSA) is 16.1 Å². The average molecular weight is 503 g/mol. The maximum Gasteiger partial charge on any atom is 0.0543 e. The summed E-state index contributed by atoms with van der Waals surface area (Å²) >= 11 is 0. The van der Waals surface area contributed by atoms with Gasteiger partial charge in [0.2, 0.25) is 0 Å². The lowest BCUT2D eigenvalue weighted by Crippen LogP contribution is -2.17. The molecular weight excluding hydrogens is 472 g/mol. The minimum absolute atomic E-state index is 0.102. The van der Waals surface area contributed by atoms with Crippen molar-refractivity contribution in [2.24, 2.45) is 0 Å². The molecule has 1 aliphatic rings. The lowest BCUT2D eigenvalue weighted by Gasteiger charge is -2.30. The van der Waals surface area contributed by atoms with Gasteiger partial charge in [-0.15, -0.1) is 0 Å². The summed E-state index contributed by atoms with van der Waals surface area (Å²) in [5, 5.41) is 2.54. The van der Waals surface area contributed by atoms with E-state index < -0.39 is 0 Å². The molecule has 188 valence electrons. The molecule has 5 aromatic carbocycles. The van der Waals surface area contributed by atoms with Crippen LogP contribution in [0.5, 0.6) is 0 Å². The van der Waals surface area contributed by atoms with Gasteiger partial charge in [0.05, 0.1) is 5.69 Å². The van der Waals surface area contributed by atoms with Gasteiger partial charge in [-0.2, -0.15) is 0 Å². The molecule has 1 aliphatic carbocycles. The van der Waals surface area contributed by atoms with Gasteiger partial charge in [0.1, 0.15) is 0 Å². The Kier molecular flexibility index (Phi) is 5.38. The average Bonchev–Trinajstić information content (AvgIpc) is 3.20. The SMILES string of the molecule is Cc1ccc2c(c1)C(C)(C)c1cc(N(c3ccccc3)c3cccc(-c4cccnc4)c3)c3ccccc3c1-2. The molecule has 0 aliphatic heterocycles. The predicted molar refractivity (Wildman–Crippen MR) is 164 cm³/mol. The first-order valence-electron chi connectivity index (χ1n) is 13.6. The normalized spacial score (nSPS) is 13.2. The Morgan fingerprint density at radius 3 is 2.15 bits per heavy atom. The van der Waals surface area contributed by atoms with Crippen molar-refractivity contribution in [3.8, 4) is 22.3 Å². The third kappa shape index (κ3) is 3.75. The quantitative estimate of drug-likeness (QED) is 0.238. The molecule has 0 N–H and O–H groups in total. The van der Waals surface area contributed by atoms with E-state index in [2.05, 4.69) is 140 Å². The zero-order valence-corrected chi connectivity index (χ0v) is 22.5. The zero-order chi connectivity index (χ0) is 26.6. The number of benzene rings is 5. The molecule has 6 aromatic rings. The molecule has 0 spiro atoms. The first-order valence-corrected chi connectivity index (χ1v) is 13.6. The molecule has 1 heterocycles. The highest BCUT2D eigenvalue weighted by Crippen LogP contribution is 2.54. The van der Waals surface area contributed by atoms with Crippen LogP contribution in [0.3, 0.4) is 0 Å². The number of nitrogens with zero attached hydrogens (tertiary/aromatic N) is 2. The number of fused-ring (bicyclic) bond motifs is 5. The number of rotatable bonds is 4. The molecule has 0 saturated heterocycles. The van der Waals surface area contributed by atoms with Crippen LogP contribution in [-0.4, -0.2) is 4.98 Å². The molecule has 0 saturated carbocycles. The van der Waals surface area contributed by atoms with Gasteiger partial charge < -0.3 is 4.90 Å². The van der Waals surface area contributed by atoms with Crippen molar-refractivity contribution in [2.75, 3.05) is 4.90 Å². The van der Waals surface area contributed by atoms with Crippen LogP contribution >= 0.6 is 0 Å². The Hall–Kier alpha value is -4.69. The number of aryl methyl sites for hydroxylation is 1. The van der Waals surface area contributed by atoms with Gasteiger partial charge in [0, 0.05) is 40.1 Å². The van der Waals surface area contributed by atoms with Gasteiger partial charge in [-0.25, -0.2) is 0 Å². The fourth-order valence-electron chi connectivity index (χ4n) is 6.22. The summed E-state index contributed by atoms with van der Waals surface area (Å²) in [5.41, 5.74) is 12.4. The monoisotopic (exact) mass is 502 g/mol. The van der Waals surface area contributed by atoms with Crippen LogP contribution in [0.25, 0.3) is 33.0 Å². The Morgan fingerprint density at radius 1 is 0.615 bits per heavy atom. The van der Waals surface area contributed by atoms with Crippen molar-refractivity contribution in [1.82, 2.24) is 4.98 Å². The third-order valence-electron chi connectivity index (χ3n) is 8.17. The van der Waals surface area contributed by atoms with Crippen LogP contribution in [-0.2, 0) is 5.41 Å². The smallest absolute Gasteiger partial charge is 0.0543 e. The van der Waals surface area contributed by atoms with Gasteiger partial charge in [-0.1, -0.05) is 98.3 Å². The van der Waals surface area contributed by atoms with Crippen molar-refractivity contribution in [2.45, 2.75) is 26.2 Å². The molecule has 0 fully saturated rings. The molecule has 39 heavy (non-hydrogen) atoms. The van der Waals surface area contributed by atoms with E-state index in [1.165, 1.54) is 44.3 Å². The van der Waals surface area contributed by atoms with Crippen LogP contribution in [0.4, 0.5) is 17.1 Å². The Morgan fingerprint density at radius 2 is 1.36 bits per heavy atom. The number of aromatic nitrogens is 1. The van der Waals surface area contributed by atoms with Crippen molar-refractivity contribution in [3.05, 3.63) is 144 Å². The second-order valence-electron chi connectivity index (χ2n) is 11.0. The van der Waals surface area contributed by atoms with E-state index in [1.807, 2.05) is 18.5 Å². The van der Waals surface area contributed by atoms with Gasteiger partial charge in [-0.3, -0.25) is 4.98 Å². The highest BCUT2D eigenvalue weighted by atomic mass is 15.1. The van der Waals surface area contributed by atoms with Crippen LogP contribution in [0, 0.1) is 6.92 Å². The Balaban J connectivity index is 1.52. The second kappa shape index (κ2) is 8.96. The van der Waals surface area contributed by atoms with E-state index >= 15 is 0 Å². The predicted octanol–water partition coefficient (Wildman–Crippen LogP) is 9.99. The summed E-state index contributed by atoms with van der Waals surface area (Å²) in [6.07, 6.45) is 3.75. The van der Waals surface area contributed by atoms with Crippen LogP contribution in [0.2, 0.25) is 0 Å². The fraction of sp³-hybridized carbons (Fsp3) is 0.108. The van der Waals surface area contributed by atoms with Gasteiger partial charge in [0.25, 0.3) is 0 Å². The molecule has 0 radical (unpaired) electrons.